The van der Waals surface area contributed by atoms with Gasteiger partial charge < -0.3 is 5.32 Å². The van der Waals surface area contributed by atoms with E-state index >= 15 is 0 Å². The van der Waals surface area contributed by atoms with Crippen molar-refractivity contribution in [2.45, 2.75) is 6.42 Å². The fourth-order valence-corrected chi connectivity index (χ4v) is 4.48. The van der Waals surface area contributed by atoms with E-state index < -0.39 is 5.91 Å². The number of anilines is 1. The largest absolute Gasteiger partial charge is 0.322 e. The Bertz CT molecular complexity index is 1300. The molecule has 0 heterocycles. The molecule has 1 amide bonds. The smallest absolute Gasteiger partial charge is 0.255 e. The summed E-state index contributed by atoms with van der Waals surface area (Å²) in [5.41, 5.74) is 1.36. The van der Waals surface area contributed by atoms with Crippen LogP contribution in [-0.4, -0.2) is 5.91 Å². The summed E-state index contributed by atoms with van der Waals surface area (Å²) in [6.45, 7) is 7.45. The highest BCUT2D eigenvalue weighted by molar-refractivity contribution is 6.46. The Labute approximate surface area is 214 Å². The highest BCUT2D eigenvalue weighted by atomic mass is 35.5. The van der Waals surface area contributed by atoms with Gasteiger partial charge in [-0.15, -0.1) is 0 Å². The highest BCUT2D eigenvalue weighted by Gasteiger charge is 2.23. The molecule has 0 aromatic heterocycles. The molecule has 32 heavy (non-hydrogen) atoms. The van der Waals surface area contributed by atoms with Crippen LogP contribution in [0, 0.1) is 17.9 Å². The fraction of sp³-hybridized carbons (Fsp3) is 0.0455. The normalized spacial score (nSPS) is 10.4. The van der Waals surface area contributed by atoms with Gasteiger partial charge in [-0.05, 0) is 53.9 Å². The van der Waals surface area contributed by atoms with Crippen LogP contribution < -0.4 is 5.32 Å². The van der Waals surface area contributed by atoms with Crippen LogP contribution in [0.3, 0.4) is 0 Å². The summed E-state index contributed by atoms with van der Waals surface area (Å²) in [5, 5.41) is 12.7. The van der Waals surface area contributed by atoms with Gasteiger partial charge in [-0.2, -0.15) is 5.26 Å². The van der Waals surface area contributed by atoms with Gasteiger partial charge in [-0.1, -0.05) is 69.6 Å². The zero-order valence-corrected chi connectivity index (χ0v) is 20.3. The van der Waals surface area contributed by atoms with E-state index in [9.17, 15) is 10.1 Å². The van der Waals surface area contributed by atoms with Gasteiger partial charge in [0, 0.05) is 26.3 Å². The van der Waals surface area contributed by atoms with Crippen molar-refractivity contribution in [3.63, 3.8) is 0 Å². The molecule has 0 aliphatic rings. The molecule has 3 aromatic carbocycles. The number of hydrogen-bond acceptors (Lipinski definition) is 2. The van der Waals surface area contributed by atoms with Crippen LogP contribution in [0.5, 0.6) is 0 Å². The third-order valence-corrected chi connectivity index (χ3v) is 6.66. The van der Waals surface area contributed by atoms with Crippen molar-refractivity contribution in [3.8, 4) is 6.07 Å². The quantitative estimate of drug-likeness (QED) is 0.264. The Hall–Kier alpha value is -2.15. The molecule has 10 heteroatoms. The zero-order chi connectivity index (χ0) is 23.6. The monoisotopic (exact) mass is 541 g/mol. The van der Waals surface area contributed by atoms with Crippen LogP contribution >= 0.6 is 69.6 Å². The highest BCUT2D eigenvalue weighted by Crippen LogP contribution is 2.45. The van der Waals surface area contributed by atoms with E-state index in [1.165, 1.54) is 12.1 Å². The molecule has 4 nitrogen and oxygen atoms in total. The number of nitrogens with one attached hydrogen (secondary N) is 1. The summed E-state index contributed by atoms with van der Waals surface area (Å²) in [6, 6.07) is 11.3. The van der Waals surface area contributed by atoms with Crippen LogP contribution in [-0.2, 0) is 6.42 Å². The summed E-state index contributed by atoms with van der Waals surface area (Å²) in [4.78, 5) is 16.0. The molecule has 0 spiro atoms. The Morgan fingerprint density at radius 2 is 1.53 bits per heavy atom. The molecular formula is C22H9Cl6N3O. The number of carbonyl (C=O) groups is 1. The third-order valence-electron chi connectivity index (χ3n) is 4.47. The van der Waals surface area contributed by atoms with Crippen molar-refractivity contribution >= 4 is 86.9 Å². The van der Waals surface area contributed by atoms with Crippen molar-refractivity contribution in [1.29, 1.82) is 5.26 Å². The first-order valence-electron chi connectivity index (χ1n) is 8.69. The number of amides is 1. The predicted molar refractivity (Wildman–Crippen MR) is 131 cm³/mol. The molecule has 160 valence electrons. The fourth-order valence-electron chi connectivity index (χ4n) is 2.89. The van der Waals surface area contributed by atoms with E-state index in [1.807, 2.05) is 6.07 Å². The Kier molecular flexibility index (Phi) is 7.80. The van der Waals surface area contributed by atoms with Gasteiger partial charge >= 0.3 is 0 Å². The summed E-state index contributed by atoms with van der Waals surface area (Å²) >= 11 is 37.4. The molecule has 3 rings (SSSR count). The average molecular weight is 544 g/mol. The first kappa shape index (κ1) is 24.5. The lowest BCUT2D eigenvalue weighted by Gasteiger charge is -2.15. The van der Waals surface area contributed by atoms with E-state index in [0.717, 1.165) is 0 Å². The van der Waals surface area contributed by atoms with Crippen LogP contribution in [0.2, 0.25) is 30.1 Å². The predicted octanol–water partition coefficient (Wildman–Crippen LogP) is 8.87. The summed E-state index contributed by atoms with van der Waals surface area (Å²) < 4.78 is 0. The number of nitriles is 1. The molecule has 0 fully saturated rings. The zero-order valence-electron chi connectivity index (χ0n) is 15.7. The van der Waals surface area contributed by atoms with Gasteiger partial charge in [0.05, 0.1) is 27.2 Å². The lowest BCUT2D eigenvalue weighted by atomic mass is 9.99. The lowest BCUT2D eigenvalue weighted by Crippen LogP contribution is -2.12. The molecular weight excluding hydrogens is 535 g/mol. The lowest BCUT2D eigenvalue weighted by molar-refractivity contribution is 0.102. The minimum atomic E-state index is -0.424. The minimum absolute atomic E-state index is 0.00954. The van der Waals surface area contributed by atoms with Gasteiger partial charge in [0.1, 0.15) is 6.07 Å². The second-order valence-electron chi connectivity index (χ2n) is 6.42. The van der Waals surface area contributed by atoms with Crippen LogP contribution in [0.15, 0.2) is 36.4 Å². The molecule has 0 bridgehead atoms. The van der Waals surface area contributed by atoms with E-state index in [2.05, 4.69) is 10.2 Å². The van der Waals surface area contributed by atoms with Gasteiger partial charge in [0.25, 0.3) is 5.91 Å². The van der Waals surface area contributed by atoms with E-state index in [-0.39, 0.29) is 53.9 Å². The van der Waals surface area contributed by atoms with Crippen molar-refractivity contribution in [3.05, 3.63) is 100 Å². The number of benzene rings is 3. The first-order chi connectivity index (χ1) is 15.2. The number of hydrogen-bond donors (Lipinski definition) is 1. The number of halogens is 6. The maximum atomic E-state index is 12.6. The van der Waals surface area contributed by atoms with Crippen LogP contribution in [0.1, 0.15) is 27.0 Å². The SMILES string of the molecule is [C-]#[N+]c1c(Cl)c(C#N)c(Cl)c(Cl)c1Cc1c(Cl)cc(C(=O)Nc2ccc(Cl)cc2)cc1Cl. The average Bonchev–Trinajstić information content (AvgIpc) is 2.76. The number of nitrogens with zero attached hydrogens (tertiary/aromatic N) is 2. The van der Waals surface area contributed by atoms with E-state index in [1.54, 1.807) is 24.3 Å². The maximum Gasteiger partial charge on any atom is 0.255 e. The topological polar surface area (TPSA) is 57.2 Å². The molecule has 0 saturated heterocycles. The molecule has 0 unspecified atom stereocenters. The number of rotatable bonds is 4. The van der Waals surface area contributed by atoms with Gasteiger partial charge in [-0.25, -0.2) is 4.85 Å². The number of carbonyl (C=O) groups excluding carboxylic acids is 1. The Morgan fingerprint density at radius 1 is 0.938 bits per heavy atom. The van der Waals surface area contributed by atoms with E-state index in [0.29, 0.717) is 16.3 Å². The minimum Gasteiger partial charge on any atom is -0.322 e. The molecule has 0 aliphatic carbocycles. The van der Waals surface area contributed by atoms with Gasteiger partial charge in [0.2, 0.25) is 5.69 Å². The molecule has 0 atom stereocenters. The molecule has 1 N–H and O–H groups in total. The molecule has 3 aromatic rings. The summed E-state index contributed by atoms with van der Waals surface area (Å²) in [5.74, 6) is -0.424. The van der Waals surface area contributed by atoms with Crippen molar-refractivity contribution < 1.29 is 4.79 Å². The Balaban J connectivity index is 1.98. The van der Waals surface area contributed by atoms with Crippen LogP contribution in [0.4, 0.5) is 11.4 Å². The molecule has 0 saturated carbocycles. The van der Waals surface area contributed by atoms with E-state index in [4.69, 9.17) is 76.2 Å². The Morgan fingerprint density at radius 3 is 2.06 bits per heavy atom. The van der Waals surface area contributed by atoms with Crippen molar-refractivity contribution in [2.24, 2.45) is 0 Å². The standard InChI is InChI=1S/C22H9Cl6N3O/c1-30-21-14(18(26)19(27)15(9-29)20(21)28)8-13-16(24)6-10(7-17(13)25)22(32)31-12-4-2-11(23)3-5-12/h2-7H,8H2,(H,31,32). The molecule has 0 aliphatic heterocycles. The second kappa shape index (κ2) is 10.2. The second-order valence-corrected chi connectivity index (χ2v) is 8.81. The van der Waals surface area contributed by atoms with Crippen molar-refractivity contribution in [1.82, 2.24) is 0 Å². The summed E-state index contributed by atoms with van der Waals surface area (Å²) in [6.07, 6.45) is 0.0123. The van der Waals surface area contributed by atoms with Crippen LogP contribution in [0.25, 0.3) is 4.85 Å². The van der Waals surface area contributed by atoms with Gasteiger partial charge in [-0.3, -0.25) is 4.79 Å². The first-order valence-corrected chi connectivity index (χ1v) is 11.0. The molecule has 0 radical (unpaired) electrons. The summed E-state index contributed by atoms with van der Waals surface area (Å²) in [7, 11) is 0. The van der Waals surface area contributed by atoms with Gasteiger partial charge in [0.15, 0.2) is 0 Å². The van der Waals surface area contributed by atoms with Crippen molar-refractivity contribution in [2.75, 3.05) is 5.32 Å². The maximum absolute atomic E-state index is 12.6. The third kappa shape index (κ3) is 4.92.